The van der Waals surface area contributed by atoms with Gasteiger partial charge < -0.3 is 5.11 Å². The van der Waals surface area contributed by atoms with Crippen LogP contribution in [-0.4, -0.2) is 43.8 Å². The molecule has 0 bridgehead atoms. The number of hydrogen-bond acceptors (Lipinski definition) is 4. The molecule has 2 rings (SSSR count). The van der Waals surface area contributed by atoms with E-state index in [9.17, 15) is 26.0 Å². The van der Waals surface area contributed by atoms with Gasteiger partial charge in [-0.15, -0.1) is 0 Å². The molecule has 2 aliphatic rings. The third kappa shape index (κ3) is 8.99. The van der Waals surface area contributed by atoms with Gasteiger partial charge in [0.1, 0.15) is 0 Å². The van der Waals surface area contributed by atoms with E-state index in [0.29, 0.717) is 51.4 Å². The van der Waals surface area contributed by atoms with Crippen molar-refractivity contribution in [1.82, 2.24) is 0 Å². The maximum Gasteiger partial charge on any atom is 0.264 e. The molecule has 0 spiro atoms. The molecule has 0 atom stereocenters. The second-order valence-electron chi connectivity index (χ2n) is 7.69. The maximum absolute atomic E-state index is 12.9. The van der Waals surface area contributed by atoms with Crippen LogP contribution in [0.5, 0.6) is 0 Å². The van der Waals surface area contributed by atoms with Crippen LogP contribution < -0.4 is 0 Å². The third-order valence-corrected chi connectivity index (χ3v) is 5.74. The van der Waals surface area contributed by atoms with Crippen LogP contribution >= 0.6 is 0 Å². The number of hydrogen-bond donors (Lipinski definition) is 1. The van der Waals surface area contributed by atoms with Crippen molar-refractivity contribution in [3.8, 4) is 0 Å². The summed E-state index contributed by atoms with van der Waals surface area (Å²) in [6.07, 6.45) is 3.65. The van der Waals surface area contributed by atoms with Gasteiger partial charge in [-0.1, -0.05) is 0 Å². The zero-order valence-corrected chi connectivity index (χ0v) is 16.4. The Morgan fingerprint density at radius 2 is 1.15 bits per heavy atom. The molecule has 0 heterocycles. The van der Waals surface area contributed by atoms with Gasteiger partial charge in [0.05, 0.1) is 18.5 Å². The largest absolute Gasteiger partial charge is 0.393 e. The van der Waals surface area contributed by atoms with Gasteiger partial charge in [0.15, 0.2) is 0 Å². The summed E-state index contributed by atoms with van der Waals surface area (Å²) >= 11 is 0. The molecule has 0 aromatic rings. The van der Waals surface area contributed by atoms with Crippen LogP contribution in [0.2, 0.25) is 0 Å². The van der Waals surface area contributed by atoms with Crippen LogP contribution in [0.15, 0.2) is 0 Å². The summed E-state index contributed by atoms with van der Waals surface area (Å²) < 4.78 is 77.5. The molecule has 26 heavy (non-hydrogen) atoms. The minimum Gasteiger partial charge on any atom is -0.393 e. The van der Waals surface area contributed by atoms with E-state index in [0.717, 1.165) is 20.1 Å². The van der Waals surface area contributed by atoms with Gasteiger partial charge in [-0.3, -0.25) is 4.18 Å². The Morgan fingerprint density at radius 1 is 0.808 bits per heavy atom. The molecule has 0 aromatic carbocycles. The van der Waals surface area contributed by atoms with Gasteiger partial charge in [-0.05, 0) is 65.2 Å². The molecule has 2 saturated carbocycles. The summed E-state index contributed by atoms with van der Waals surface area (Å²) in [6, 6.07) is 0. The van der Waals surface area contributed by atoms with Gasteiger partial charge in [0, 0.05) is 11.8 Å². The Kier molecular flexibility index (Phi) is 8.35. The Bertz CT molecular complexity index is 512. The molecule has 2 fully saturated rings. The van der Waals surface area contributed by atoms with Crippen LogP contribution in [0, 0.1) is 11.8 Å². The minimum atomic E-state index is -3.46. The van der Waals surface area contributed by atoms with Crippen LogP contribution in [0.3, 0.4) is 0 Å². The number of rotatable bonds is 4. The minimum absolute atomic E-state index is 0.323. The average molecular weight is 406 g/mol. The van der Waals surface area contributed by atoms with E-state index in [1.54, 1.807) is 0 Å². The van der Waals surface area contributed by atoms with Crippen molar-refractivity contribution in [2.75, 3.05) is 6.26 Å². The molecule has 0 aromatic heterocycles. The van der Waals surface area contributed by atoms with Gasteiger partial charge in [0.2, 0.25) is 11.8 Å². The molecule has 1 N–H and O–H groups in total. The molecule has 0 saturated heterocycles. The van der Waals surface area contributed by atoms with E-state index in [4.69, 9.17) is 9.29 Å². The first kappa shape index (κ1) is 23.6. The molecule has 0 unspecified atom stereocenters. The van der Waals surface area contributed by atoms with E-state index >= 15 is 0 Å². The summed E-state index contributed by atoms with van der Waals surface area (Å²) in [5.74, 6) is -6.38. The topological polar surface area (TPSA) is 63.6 Å². The van der Waals surface area contributed by atoms with Crippen LogP contribution in [0.4, 0.5) is 17.6 Å². The summed E-state index contributed by atoms with van der Waals surface area (Å²) in [5, 5.41) is 9.05. The average Bonchev–Trinajstić information content (AvgIpc) is 2.45. The highest BCUT2D eigenvalue weighted by Gasteiger charge is 2.38. The van der Waals surface area contributed by atoms with Crippen LogP contribution in [0.1, 0.15) is 65.2 Å². The lowest BCUT2D eigenvalue weighted by Crippen LogP contribution is -2.32. The summed E-state index contributed by atoms with van der Waals surface area (Å²) in [5.41, 5.74) is 0. The van der Waals surface area contributed by atoms with Crippen molar-refractivity contribution in [3.05, 3.63) is 0 Å². The Morgan fingerprint density at radius 3 is 1.46 bits per heavy atom. The predicted molar refractivity (Wildman–Crippen MR) is 90.9 cm³/mol. The molecule has 0 aliphatic heterocycles. The highest BCUT2D eigenvalue weighted by atomic mass is 32.2. The lowest BCUT2D eigenvalue weighted by Gasteiger charge is -2.31. The summed E-state index contributed by atoms with van der Waals surface area (Å²) in [6.45, 7) is 1.88. The van der Waals surface area contributed by atoms with E-state index < -0.39 is 39.9 Å². The molecule has 9 heteroatoms. The van der Waals surface area contributed by atoms with Gasteiger partial charge in [-0.25, -0.2) is 17.6 Å². The van der Waals surface area contributed by atoms with Crippen molar-refractivity contribution in [2.45, 2.75) is 89.3 Å². The normalized spacial score (nSPS) is 31.1. The van der Waals surface area contributed by atoms with Gasteiger partial charge in [0.25, 0.3) is 10.1 Å². The van der Waals surface area contributed by atoms with Gasteiger partial charge in [-0.2, -0.15) is 8.42 Å². The van der Waals surface area contributed by atoms with Gasteiger partial charge >= 0.3 is 0 Å². The predicted octanol–water partition coefficient (Wildman–Crippen LogP) is 4.37. The highest BCUT2D eigenvalue weighted by molar-refractivity contribution is 7.86. The van der Waals surface area contributed by atoms with Crippen LogP contribution in [-0.2, 0) is 14.3 Å². The zero-order chi connectivity index (χ0) is 20.2. The van der Waals surface area contributed by atoms with Crippen LogP contribution in [0.25, 0.3) is 0 Å². The molecule has 156 valence electrons. The molecule has 2 aliphatic carbocycles. The SMILES string of the molecule is CC(F)(F)C1CCC(O)CC1.CC(F)(F)C1CCC(OS(C)(=O)=O)CC1. The Labute approximate surface area is 153 Å². The highest BCUT2D eigenvalue weighted by Crippen LogP contribution is 2.37. The van der Waals surface area contributed by atoms with E-state index in [1.807, 2.05) is 0 Å². The maximum atomic E-state index is 12.9. The first-order valence-electron chi connectivity index (χ1n) is 9.00. The molecular weight excluding hydrogens is 376 g/mol. The molecular formula is C17H30F4O4S. The van der Waals surface area contributed by atoms with E-state index in [2.05, 4.69) is 0 Å². The molecule has 0 radical (unpaired) electrons. The number of alkyl halides is 4. The summed E-state index contributed by atoms with van der Waals surface area (Å²) in [7, 11) is -3.46. The van der Waals surface area contributed by atoms with E-state index in [-0.39, 0.29) is 6.10 Å². The second-order valence-corrected chi connectivity index (χ2v) is 9.29. The number of halogens is 4. The first-order chi connectivity index (χ1) is 11.7. The lowest BCUT2D eigenvalue weighted by molar-refractivity contribution is -0.0654. The molecule has 0 amide bonds. The number of aliphatic hydroxyl groups is 1. The zero-order valence-electron chi connectivity index (χ0n) is 15.6. The first-order valence-corrected chi connectivity index (χ1v) is 10.8. The van der Waals surface area contributed by atoms with Crippen molar-refractivity contribution in [1.29, 1.82) is 0 Å². The third-order valence-electron chi connectivity index (χ3n) is 5.12. The Balaban J connectivity index is 0.000000273. The fourth-order valence-corrected chi connectivity index (χ4v) is 4.18. The Hall–Kier alpha value is -0.410. The molecule has 4 nitrogen and oxygen atoms in total. The van der Waals surface area contributed by atoms with Crippen molar-refractivity contribution in [3.63, 3.8) is 0 Å². The smallest absolute Gasteiger partial charge is 0.264 e. The lowest BCUT2D eigenvalue weighted by atomic mass is 9.84. The number of aliphatic hydroxyl groups excluding tert-OH is 1. The van der Waals surface area contributed by atoms with E-state index in [1.165, 1.54) is 0 Å². The monoisotopic (exact) mass is 406 g/mol. The van der Waals surface area contributed by atoms with Crippen molar-refractivity contribution >= 4 is 10.1 Å². The fraction of sp³-hybridized carbons (Fsp3) is 1.00. The quantitative estimate of drug-likeness (QED) is 0.556. The van der Waals surface area contributed by atoms with Crippen molar-refractivity contribution in [2.24, 2.45) is 11.8 Å². The summed E-state index contributed by atoms with van der Waals surface area (Å²) in [4.78, 5) is 0. The fourth-order valence-electron chi connectivity index (χ4n) is 3.50. The second kappa shape index (κ2) is 9.19. The standard InChI is InChI=1S/C9H16F2O3S.C8H14F2O/c1-9(10,11)7-3-5-8(6-4-7)14-15(2,12)13;1-8(9,10)6-2-4-7(11)5-3-6/h7-8H,3-6H2,1-2H3;6-7,11H,2-5H2,1H3. The van der Waals surface area contributed by atoms with Crippen molar-refractivity contribution < 1.29 is 35.3 Å².